The molecule has 0 heterocycles. The maximum Gasteiger partial charge on any atom is 0.126 e. The molecule has 0 radical (unpaired) electrons. The normalized spacial score (nSPS) is 13.2. The molecule has 0 amide bonds. The number of hydrogen-bond acceptors (Lipinski definition) is 4. The number of hydrogen-bond donors (Lipinski definition) is 1. The van der Waals surface area contributed by atoms with E-state index in [2.05, 4.69) is 28.1 Å². The molecule has 0 rings (SSSR count). The molecular weight excluding hydrogens is 342 g/mol. The highest BCUT2D eigenvalue weighted by atomic mass is 16.5. The minimum Gasteiger partial charge on any atom is -0.385 e. The largest absolute Gasteiger partial charge is 0.385 e. The van der Waals surface area contributed by atoms with Gasteiger partial charge in [0.2, 0.25) is 0 Å². The fourth-order valence-electron chi connectivity index (χ4n) is 3.04. The summed E-state index contributed by atoms with van der Waals surface area (Å²) in [5.74, 6) is 0. The Morgan fingerprint density at radius 3 is 1.59 bits per heavy atom. The van der Waals surface area contributed by atoms with Crippen LogP contribution in [0.4, 0.5) is 0 Å². The van der Waals surface area contributed by atoms with Gasteiger partial charge in [0.25, 0.3) is 0 Å². The molecule has 0 aromatic heterocycles. The number of aliphatic hydroxyl groups excluding tert-OH is 1. The average Bonchev–Trinajstić information content (AvgIpc) is 2.59. The number of ether oxygens (including phenoxy) is 3. The molecule has 1 N–H and O–H groups in total. The highest BCUT2D eigenvalue weighted by Gasteiger charge is 2.15. The Kier molecular flexibility index (Phi) is 19.0. The average molecular weight is 391 g/mol. The van der Waals surface area contributed by atoms with E-state index in [1.807, 2.05) is 0 Å². The molecule has 0 aromatic rings. The van der Waals surface area contributed by atoms with E-state index in [4.69, 9.17) is 14.2 Å². The quantitative estimate of drug-likeness (QED) is 0.237. The Morgan fingerprint density at radius 1 is 0.630 bits per heavy atom. The van der Waals surface area contributed by atoms with Crippen molar-refractivity contribution >= 4 is 0 Å². The van der Waals surface area contributed by atoms with Crippen molar-refractivity contribution in [3.05, 3.63) is 0 Å². The van der Waals surface area contributed by atoms with Crippen molar-refractivity contribution in [3.63, 3.8) is 0 Å². The predicted molar refractivity (Wildman–Crippen MR) is 113 cm³/mol. The monoisotopic (exact) mass is 390 g/mol. The Balaban J connectivity index is 3.11. The van der Waals surface area contributed by atoms with Gasteiger partial charge in [-0.05, 0) is 6.42 Å². The maximum atomic E-state index is 9.82. The smallest absolute Gasteiger partial charge is 0.126 e. The second kappa shape index (κ2) is 19.1. The van der Waals surface area contributed by atoms with Gasteiger partial charge in [-0.15, -0.1) is 0 Å². The standard InChI is InChI=1S/C22H48NO4/c1-5-6-7-8-9-10-11-12-13-14-15-25-16-17-26-18-19-27-21-22(24)20-23(2,3)4/h22,24H,5-21H2,1-4H3/q+1. The summed E-state index contributed by atoms with van der Waals surface area (Å²) in [4.78, 5) is 0. The number of unbranched alkanes of at least 4 members (excludes halogenated alkanes) is 9. The first-order valence-electron chi connectivity index (χ1n) is 11.2. The number of nitrogens with zero attached hydrogens (tertiary/aromatic N) is 1. The molecule has 0 aliphatic heterocycles. The van der Waals surface area contributed by atoms with Crippen molar-refractivity contribution < 1.29 is 23.8 Å². The third-order valence-corrected chi connectivity index (χ3v) is 4.45. The zero-order valence-electron chi connectivity index (χ0n) is 18.7. The molecule has 164 valence electrons. The van der Waals surface area contributed by atoms with E-state index in [0.29, 0.717) is 39.6 Å². The molecule has 0 aliphatic carbocycles. The predicted octanol–water partition coefficient (Wildman–Crippen LogP) is 4.02. The lowest BCUT2D eigenvalue weighted by Gasteiger charge is -2.26. The van der Waals surface area contributed by atoms with Crippen LogP contribution >= 0.6 is 0 Å². The molecule has 0 fully saturated rings. The Morgan fingerprint density at radius 2 is 1.07 bits per heavy atom. The van der Waals surface area contributed by atoms with Gasteiger partial charge < -0.3 is 23.8 Å². The van der Waals surface area contributed by atoms with Crippen molar-refractivity contribution in [2.45, 2.75) is 77.2 Å². The molecule has 0 bridgehead atoms. The molecule has 1 unspecified atom stereocenters. The lowest BCUT2D eigenvalue weighted by atomic mass is 10.1. The van der Waals surface area contributed by atoms with Gasteiger partial charge in [0.15, 0.2) is 0 Å². The van der Waals surface area contributed by atoms with Crippen LogP contribution in [-0.2, 0) is 14.2 Å². The molecule has 0 spiro atoms. The van der Waals surface area contributed by atoms with E-state index in [1.54, 1.807) is 0 Å². The second-order valence-electron chi connectivity index (χ2n) is 8.61. The Hall–Kier alpha value is -0.200. The van der Waals surface area contributed by atoms with Crippen molar-refractivity contribution in [1.29, 1.82) is 0 Å². The van der Waals surface area contributed by atoms with Gasteiger partial charge in [0, 0.05) is 6.61 Å². The van der Waals surface area contributed by atoms with E-state index >= 15 is 0 Å². The van der Waals surface area contributed by atoms with Crippen LogP contribution in [0.3, 0.4) is 0 Å². The molecule has 1 atom stereocenters. The zero-order chi connectivity index (χ0) is 20.2. The maximum absolute atomic E-state index is 9.82. The summed E-state index contributed by atoms with van der Waals surface area (Å²) in [6, 6.07) is 0. The van der Waals surface area contributed by atoms with Gasteiger partial charge in [-0.1, -0.05) is 64.7 Å². The summed E-state index contributed by atoms with van der Waals surface area (Å²) in [5, 5.41) is 9.82. The van der Waals surface area contributed by atoms with Gasteiger partial charge in [0.05, 0.1) is 54.2 Å². The summed E-state index contributed by atoms with van der Waals surface area (Å²) in [7, 11) is 6.17. The molecular formula is C22H48NO4+. The van der Waals surface area contributed by atoms with Gasteiger partial charge in [0.1, 0.15) is 12.6 Å². The first-order valence-corrected chi connectivity index (χ1v) is 11.2. The molecule has 27 heavy (non-hydrogen) atoms. The van der Waals surface area contributed by atoms with Gasteiger partial charge >= 0.3 is 0 Å². The fourth-order valence-corrected chi connectivity index (χ4v) is 3.04. The third-order valence-electron chi connectivity index (χ3n) is 4.45. The van der Waals surface area contributed by atoms with E-state index in [0.717, 1.165) is 17.5 Å². The second-order valence-corrected chi connectivity index (χ2v) is 8.61. The molecule has 5 heteroatoms. The molecule has 0 aliphatic rings. The Labute approximate surface area is 169 Å². The van der Waals surface area contributed by atoms with E-state index in [-0.39, 0.29) is 0 Å². The van der Waals surface area contributed by atoms with Crippen molar-refractivity contribution in [2.75, 3.05) is 67.3 Å². The van der Waals surface area contributed by atoms with Crippen molar-refractivity contribution in [1.82, 2.24) is 0 Å². The van der Waals surface area contributed by atoms with Gasteiger partial charge in [-0.3, -0.25) is 0 Å². The fraction of sp³-hybridized carbons (Fsp3) is 1.00. The van der Waals surface area contributed by atoms with Gasteiger partial charge in [-0.2, -0.15) is 0 Å². The van der Waals surface area contributed by atoms with Crippen LogP contribution in [0.1, 0.15) is 71.1 Å². The van der Waals surface area contributed by atoms with Crippen LogP contribution < -0.4 is 0 Å². The summed E-state index contributed by atoms with van der Waals surface area (Å²) in [6.45, 7) is 6.51. The summed E-state index contributed by atoms with van der Waals surface area (Å²) >= 11 is 0. The highest BCUT2D eigenvalue weighted by Crippen LogP contribution is 2.10. The third kappa shape index (κ3) is 23.8. The van der Waals surface area contributed by atoms with Crippen LogP contribution in [-0.4, -0.2) is 83.0 Å². The SMILES string of the molecule is CCCCCCCCCCCCOCCOCCOCC(O)C[N+](C)(C)C. The molecule has 0 saturated heterocycles. The zero-order valence-corrected chi connectivity index (χ0v) is 18.7. The lowest BCUT2D eigenvalue weighted by Crippen LogP contribution is -2.43. The van der Waals surface area contributed by atoms with E-state index < -0.39 is 6.10 Å². The minimum absolute atomic E-state index is 0.369. The van der Waals surface area contributed by atoms with Crippen molar-refractivity contribution in [3.8, 4) is 0 Å². The van der Waals surface area contributed by atoms with E-state index in [9.17, 15) is 5.11 Å². The van der Waals surface area contributed by atoms with Crippen LogP contribution in [0.25, 0.3) is 0 Å². The first kappa shape index (κ1) is 26.8. The number of likely N-dealkylation sites (N-methyl/N-ethyl adjacent to an activating group) is 1. The topological polar surface area (TPSA) is 47.9 Å². The van der Waals surface area contributed by atoms with Crippen LogP contribution in [0, 0.1) is 0 Å². The highest BCUT2D eigenvalue weighted by molar-refractivity contribution is 4.51. The van der Waals surface area contributed by atoms with Crippen LogP contribution in [0.15, 0.2) is 0 Å². The lowest BCUT2D eigenvalue weighted by molar-refractivity contribution is -0.873. The van der Waals surface area contributed by atoms with Crippen LogP contribution in [0.2, 0.25) is 0 Å². The van der Waals surface area contributed by atoms with Gasteiger partial charge in [-0.25, -0.2) is 0 Å². The molecule has 0 aromatic carbocycles. The van der Waals surface area contributed by atoms with Crippen LogP contribution in [0.5, 0.6) is 0 Å². The molecule has 0 saturated carbocycles. The first-order chi connectivity index (χ1) is 13.0. The molecule has 5 nitrogen and oxygen atoms in total. The number of rotatable bonds is 21. The van der Waals surface area contributed by atoms with Crippen molar-refractivity contribution in [2.24, 2.45) is 0 Å². The minimum atomic E-state index is -0.422. The number of aliphatic hydroxyl groups is 1. The number of quaternary nitrogens is 1. The Bertz CT molecular complexity index is 295. The summed E-state index contributed by atoms with van der Waals surface area (Å²) in [5.41, 5.74) is 0. The summed E-state index contributed by atoms with van der Waals surface area (Å²) in [6.07, 6.45) is 13.1. The van der Waals surface area contributed by atoms with E-state index in [1.165, 1.54) is 57.8 Å². The summed E-state index contributed by atoms with van der Waals surface area (Å²) < 4.78 is 17.2.